The molecule has 3 rings (SSSR count). The van der Waals surface area contributed by atoms with Gasteiger partial charge in [-0.2, -0.15) is 4.31 Å². The fourth-order valence-corrected chi connectivity index (χ4v) is 5.16. The highest BCUT2D eigenvalue weighted by Gasteiger charge is 2.36. The van der Waals surface area contributed by atoms with Gasteiger partial charge in [0.05, 0.1) is 30.8 Å². The average Bonchev–Trinajstić information content (AvgIpc) is 2.77. The second-order valence-corrected chi connectivity index (χ2v) is 9.21. The summed E-state index contributed by atoms with van der Waals surface area (Å²) in [4.78, 5) is 26.8. The predicted octanol–water partition coefficient (Wildman–Crippen LogP) is 2.28. The number of carbonyl (C=O) groups is 2. The van der Waals surface area contributed by atoms with Crippen molar-refractivity contribution in [1.82, 2.24) is 4.31 Å². The number of hydrogen-bond donors (Lipinski definition) is 0. The number of rotatable bonds is 6. The molecule has 0 N–H and O–H groups in total. The van der Waals surface area contributed by atoms with Gasteiger partial charge in [-0.15, -0.1) is 0 Å². The molecule has 9 heteroatoms. The van der Waals surface area contributed by atoms with Crippen LogP contribution in [0.2, 0.25) is 0 Å². The van der Waals surface area contributed by atoms with E-state index in [4.69, 9.17) is 9.47 Å². The summed E-state index contributed by atoms with van der Waals surface area (Å²) in [6.07, 6.45) is -0.991. The van der Waals surface area contributed by atoms with E-state index in [-0.39, 0.29) is 24.5 Å². The van der Waals surface area contributed by atoms with Crippen molar-refractivity contribution in [3.05, 3.63) is 53.6 Å². The van der Waals surface area contributed by atoms with Crippen LogP contribution in [0.1, 0.15) is 18.1 Å². The molecule has 0 fully saturated rings. The third-order valence-electron chi connectivity index (χ3n) is 5.16. The Labute approximate surface area is 182 Å². The van der Waals surface area contributed by atoms with Crippen molar-refractivity contribution in [2.45, 2.75) is 31.8 Å². The number of anilines is 1. The molecule has 1 atom stereocenters. The molecule has 8 nitrogen and oxygen atoms in total. The Morgan fingerprint density at radius 2 is 1.90 bits per heavy atom. The van der Waals surface area contributed by atoms with Gasteiger partial charge in [0.2, 0.25) is 22.0 Å². The molecule has 0 radical (unpaired) electrons. The van der Waals surface area contributed by atoms with E-state index in [1.807, 2.05) is 13.0 Å². The average molecular weight is 447 g/mol. The number of nitrogens with zero attached hydrogens (tertiary/aromatic N) is 2. The monoisotopic (exact) mass is 446 g/mol. The van der Waals surface area contributed by atoms with Crippen LogP contribution >= 0.6 is 0 Å². The van der Waals surface area contributed by atoms with Gasteiger partial charge in [-0.3, -0.25) is 4.79 Å². The number of amides is 1. The smallest absolute Gasteiger partial charge is 0.348 e. The van der Waals surface area contributed by atoms with E-state index < -0.39 is 28.0 Å². The number of benzene rings is 2. The van der Waals surface area contributed by atoms with Gasteiger partial charge in [-0.1, -0.05) is 31.2 Å². The molecule has 2 aromatic carbocycles. The van der Waals surface area contributed by atoms with E-state index in [1.165, 1.54) is 12.0 Å². The maximum absolute atomic E-state index is 13.3. The van der Waals surface area contributed by atoms with Crippen molar-refractivity contribution in [2.24, 2.45) is 0 Å². The van der Waals surface area contributed by atoms with Crippen LogP contribution in [0.4, 0.5) is 5.69 Å². The summed E-state index contributed by atoms with van der Waals surface area (Å²) in [6, 6.07) is 12.0. The molecule has 0 spiro atoms. The molecule has 1 heterocycles. The summed E-state index contributed by atoms with van der Waals surface area (Å²) in [7, 11) is -2.64. The summed E-state index contributed by atoms with van der Waals surface area (Å²) in [5.41, 5.74) is 1.90. The van der Waals surface area contributed by atoms with E-state index in [9.17, 15) is 18.0 Å². The second-order valence-electron chi connectivity index (χ2n) is 7.30. The number of para-hydroxylation sites is 2. The zero-order valence-corrected chi connectivity index (χ0v) is 18.8. The van der Waals surface area contributed by atoms with E-state index in [0.717, 1.165) is 9.87 Å². The molecule has 0 saturated heterocycles. The molecule has 0 aliphatic carbocycles. The van der Waals surface area contributed by atoms with Crippen LogP contribution in [0.25, 0.3) is 0 Å². The maximum atomic E-state index is 13.3. The lowest BCUT2D eigenvalue weighted by molar-refractivity contribution is -0.148. The van der Waals surface area contributed by atoms with Gasteiger partial charge in [0.1, 0.15) is 5.75 Å². The molecule has 31 heavy (non-hydrogen) atoms. The van der Waals surface area contributed by atoms with Crippen LogP contribution in [0, 0.1) is 13.8 Å². The highest BCUT2D eigenvalue weighted by Crippen LogP contribution is 2.33. The van der Waals surface area contributed by atoms with E-state index in [2.05, 4.69) is 0 Å². The highest BCUT2D eigenvalue weighted by molar-refractivity contribution is 7.89. The van der Waals surface area contributed by atoms with E-state index in [0.29, 0.717) is 17.0 Å². The third kappa shape index (κ3) is 4.57. The second kappa shape index (κ2) is 9.07. The Bertz CT molecular complexity index is 1100. The van der Waals surface area contributed by atoms with E-state index >= 15 is 0 Å². The molecule has 0 unspecified atom stereocenters. The molecule has 1 aliphatic rings. The number of methoxy groups -OCH3 is 1. The lowest BCUT2D eigenvalue weighted by atomic mass is 10.2. The van der Waals surface area contributed by atoms with Crippen molar-refractivity contribution < 1.29 is 27.5 Å². The quantitative estimate of drug-likeness (QED) is 0.632. The van der Waals surface area contributed by atoms with Gasteiger partial charge >= 0.3 is 5.97 Å². The number of esters is 1. The number of likely N-dealkylation sites (N-methyl/N-ethyl adjacent to an activating group) is 1. The lowest BCUT2D eigenvalue weighted by Crippen LogP contribution is -2.51. The molecule has 1 amide bonds. The molecule has 2 aromatic rings. The van der Waals surface area contributed by atoms with Crippen molar-refractivity contribution >= 4 is 27.6 Å². The number of fused-ring (bicyclic) bond motifs is 1. The van der Waals surface area contributed by atoms with Crippen molar-refractivity contribution in [3.8, 4) is 5.75 Å². The van der Waals surface area contributed by atoms with Crippen LogP contribution in [-0.2, 0) is 24.3 Å². The van der Waals surface area contributed by atoms with Crippen molar-refractivity contribution in [3.63, 3.8) is 0 Å². The minimum atomic E-state index is -3.89. The zero-order valence-electron chi connectivity index (χ0n) is 18.0. The van der Waals surface area contributed by atoms with Gasteiger partial charge in [0.15, 0.2) is 0 Å². The first kappa shape index (κ1) is 22.8. The number of carbonyl (C=O) groups excluding carboxylic acids is 2. The number of sulfonamides is 1. The molecule has 166 valence electrons. The Kier molecular flexibility index (Phi) is 6.66. The Morgan fingerprint density at radius 3 is 2.58 bits per heavy atom. The Hall–Kier alpha value is -2.91. The lowest BCUT2D eigenvalue weighted by Gasteiger charge is -2.34. The normalized spacial score (nSPS) is 15.9. The summed E-state index contributed by atoms with van der Waals surface area (Å²) in [5.74, 6) is -0.707. The molecule has 1 aliphatic heterocycles. The first-order valence-electron chi connectivity index (χ1n) is 9.90. The molecule has 0 aromatic heterocycles. The number of ether oxygens (including phenoxy) is 2. The fourth-order valence-electron chi connectivity index (χ4n) is 3.45. The van der Waals surface area contributed by atoms with Crippen LogP contribution < -0.4 is 9.64 Å². The minimum Gasteiger partial charge on any atom is -0.475 e. The summed E-state index contributed by atoms with van der Waals surface area (Å²) < 4.78 is 38.1. The van der Waals surface area contributed by atoms with Crippen LogP contribution in [0.3, 0.4) is 0 Å². The third-order valence-corrected chi connectivity index (χ3v) is 7.23. The summed E-state index contributed by atoms with van der Waals surface area (Å²) >= 11 is 0. The summed E-state index contributed by atoms with van der Waals surface area (Å²) in [5, 5.41) is 0. The van der Waals surface area contributed by atoms with Gasteiger partial charge < -0.3 is 14.4 Å². The van der Waals surface area contributed by atoms with Gasteiger partial charge in [-0.05, 0) is 43.2 Å². The topological polar surface area (TPSA) is 93.2 Å². The molecule has 0 saturated carbocycles. The first-order valence-corrected chi connectivity index (χ1v) is 11.3. The van der Waals surface area contributed by atoms with Crippen LogP contribution in [-0.4, -0.2) is 57.4 Å². The maximum Gasteiger partial charge on any atom is 0.348 e. The van der Waals surface area contributed by atoms with Crippen molar-refractivity contribution in [2.75, 3.05) is 31.6 Å². The molecular formula is C22H26N2O6S. The first-order chi connectivity index (χ1) is 14.7. The SMILES string of the molecule is CCN(CC(=O)N1C[C@@H](C(=O)OC)Oc2ccccc21)S(=O)(=O)c1cc(C)ccc1C. The highest BCUT2D eigenvalue weighted by atomic mass is 32.2. The van der Waals surface area contributed by atoms with Crippen LogP contribution in [0.15, 0.2) is 47.4 Å². The van der Waals surface area contributed by atoms with Gasteiger partial charge in [-0.25, -0.2) is 13.2 Å². The number of hydrogen-bond acceptors (Lipinski definition) is 6. The standard InChI is InChI=1S/C22H26N2O6S/c1-5-23(31(27,28)20-12-15(2)10-11-16(20)3)14-21(25)24-13-19(22(26)29-4)30-18-9-7-6-8-17(18)24/h6-12,19H,5,13-14H2,1-4H3/t19-/m0/s1. The molecular weight excluding hydrogens is 420 g/mol. The largest absolute Gasteiger partial charge is 0.475 e. The zero-order chi connectivity index (χ0) is 22.8. The Morgan fingerprint density at radius 1 is 1.19 bits per heavy atom. The van der Waals surface area contributed by atoms with Crippen LogP contribution in [0.5, 0.6) is 5.75 Å². The van der Waals surface area contributed by atoms with E-state index in [1.54, 1.807) is 50.2 Å². The fraction of sp³-hybridized carbons (Fsp3) is 0.364. The Balaban J connectivity index is 1.91. The van der Waals surface area contributed by atoms with Gasteiger partial charge in [0, 0.05) is 6.54 Å². The number of aryl methyl sites for hydroxylation is 2. The minimum absolute atomic E-state index is 0.0659. The van der Waals surface area contributed by atoms with Crippen molar-refractivity contribution in [1.29, 1.82) is 0 Å². The predicted molar refractivity (Wildman–Crippen MR) is 116 cm³/mol. The molecule has 0 bridgehead atoms. The summed E-state index contributed by atoms with van der Waals surface area (Å²) in [6.45, 7) is 4.91. The van der Waals surface area contributed by atoms with Gasteiger partial charge in [0.25, 0.3) is 0 Å².